The first-order chi connectivity index (χ1) is 15.3. The molecule has 32 heavy (non-hydrogen) atoms. The zero-order chi connectivity index (χ0) is 22.8. The molecular weight excluding hydrogens is 412 g/mol. The van der Waals surface area contributed by atoms with Crippen molar-refractivity contribution in [3.63, 3.8) is 0 Å². The van der Waals surface area contributed by atoms with Crippen molar-refractivity contribution in [2.75, 3.05) is 26.8 Å². The number of benzene rings is 2. The molecule has 2 saturated heterocycles. The first-order valence-electron chi connectivity index (χ1n) is 10.6. The van der Waals surface area contributed by atoms with Gasteiger partial charge in [-0.25, -0.2) is 0 Å². The van der Waals surface area contributed by atoms with Crippen molar-refractivity contribution < 1.29 is 28.5 Å². The zero-order valence-electron chi connectivity index (χ0n) is 18.4. The number of carbonyl (C=O) groups is 2. The smallest absolute Gasteiger partial charge is 0.255 e. The lowest BCUT2D eigenvalue weighted by Gasteiger charge is -2.27. The maximum absolute atomic E-state index is 12.7. The molecule has 0 unspecified atom stereocenters. The van der Waals surface area contributed by atoms with Crippen LogP contribution in [0.5, 0.6) is 5.75 Å². The van der Waals surface area contributed by atoms with Crippen molar-refractivity contribution in [2.24, 2.45) is 0 Å². The second-order valence-electron chi connectivity index (χ2n) is 8.41. The Labute approximate surface area is 187 Å². The third-order valence-corrected chi connectivity index (χ3v) is 5.66. The van der Waals surface area contributed by atoms with Crippen molar-refractivity contribution in [1.29, 1.82) is 0 Å². The monoisotopic (exact) mass is 440 g/mol. The van der Waals surface area contributed by atoms with Crippen molar-refractivity contribution >= 4 is 11.8 Å². The number of para-hydroxylation sites is 1. The van der Waals surface area contributed by atoms with Crippen LogP contribution >= 0.6 is 0 Å². The molecule has 4 rings (SSSR count). The van der Waals surface area contributed by atoms with Gasteiger partial charge in [0.15, 0.2) is 5.79 Å². The molecule has 170 valence electrons. The van der Waals surface area contributed by atoms with E-state index in [9.17, 15) is 9.59 Å². The van der Waals surface area contributed by atoms with Gasteiger partial charge in [0.25, 0.3) is 11.8 Å². The van der Waals surface area contributed by atoms with E-state index in [0.717, 1.165) is 0 Å². The molecule has 2 aliphatic rings. The Balaban J connectivity index is 1.42. The van der Waals surface area contributed by atoms with Gasteiger partial charge in [-0.15, -0.1) is 0 Å². The lowest BCUT2D eigenvalue weighted by molar-refractivity contribution is -0.188. The molecule has 0 spiro atoms. The van der Waals surface area contributed by atoms with E-state index in [-0.39, 0.29) is 31.5 Å². The summed E-state index contributed by atoms with van der Waals surface area (Å²) in [4.78, 5) is 25.2. The number of nitrogens with one attached hydrogen (secondary N) is 2. The van der Waals surface area contributed by atoms with Crippen LogP contribution < -0.4 is 15.4 Å². The van der Waals surface area contributed by atoms with Crippen LogP contribution in [0.3, 0.4) is 0 Å². The molecule has 0 radical (unpaired) electrons. The van der Waals surface area contributed by atoms with E-state index in [4.69, 9.17) is 18.9 Å². The van der Waals surface area contributed by atoms with Gasteiger partial charge in [0, 0.05) is 12.1 Å². The van der Waals surface area contributed by atoms with Crippen molar-refractivity contribution in [3.8, 4) is 5.75 Å². The Kier molecular flexibility index (Phi) is 6.19. The van der Waals surface area contributed by atoms with Crippen LogP contribution in [0, 0.1) is 0 Å². The Hall–Kier alpha value is -2.94. The highest BCUT2D eigenvalue weighted by atomic mass is 16.8. The van der Waals surface area contributed by atoms with Crippen LogP contribution in [0.1, 0.15) is 34.6 Å². The molecule has 3 atom stereocenters. The molecule has 8 nitrogen and oxygen atoms in total. The van der Waals surface area contributed by atoms with E-state index < -0.39 is 23.6 Å². The molecule has 0 aliphatic carbocycles. The largest absolute Gasteiger partial charge is 0.496 e. The summed E-state index contributed by atoms with van der Waals surface area (Å²) in [6.07, 6.45) is -0.879. The van der Waals surface area contributed by atoms with Crippen molar-refractivity contribution in [3.05, 3.63) is 65.7 Å². The van der Waals surface area contributed by atoms with Gasteiger partial charge < -0.3 is 29.6 Å². The van der Waals surface area contributed by atoms with Gasteiger partial charge in [0.2, 0.25) is 0 Å². The Bertz CT molecular complexity index is 979. The molecule has 8 heteroatoms. The topological polar surface area (TPSA) is 95.1 Å². The first-order valence-corrected chi connectivity index (χ1v) is 10.6. The summed E-state index contributed by atoms with van der Waals surface area (Å²) < 4.78 is 23.6. The van der Waals surface area contributed by atoms with Crippen LogP contribution in [0.15, 0.2) is 54.6 Å². The summed E-state index contributed by atoms with van der Waals surface area (Å²) in [5.74, 6) is -0.799. The van der Waals surface area contributed by atoms with Gasteiger partial charge in [-0.1, -0.05) is 30.3 Å². The summed E-state index contributed by atoms with van der Waals surface area (Å²) in [6.45, 7) is 4.36. The van der Waals surface area contributed by atoms with Gasteiger partial charge >= 0.3 is 0 Å². The molecule has 0 aromatic heterocycles. The third-order valence-electron chi connectivity index (χ3n) is 5.66. The molecule has 0 saturated carbocycles. The fraction of sp³-hybridized carbons (Fsp3) is 0.417. The fourth-order valence-electron chi connectivity index (χ4n) is 4.24. The number of hydrogen-bond acceptors (Lipinski definition) is 6. The summed E-state index contributed by atoms with van der Waals surface area (Å²) in [5, 5.41) is 5.84. The number of rotatable bonds is 7. The maximum Gasteiger partial charge on any atom is 0.255 e. The highest BCUT2D eigenvalue weighted by Gasteiger charge is 2.61. The Morgan fingerprint density at radius 1 is 1.03 bits per heavy atom. The third kappa shape index (κ3) is 4.48. The first kappa shape index (κ1) is 22.3. The summed E-state index contributed by atoms with van der Waals surface area (Å²) in [5.41, 5.74) is 0.171. The Morgan fingerprint density at radius 2 is 1.75 bits per heavy atom. The van der Waals surface area contributed by atoms with E-state index in [1.807, 2.05) is 32.0 Å². The van der Waals surface area contributed by atoms with E-state index in [0.29, 0.717) is 16.9 Å². The predicted octanol–water partition coefficient (Wildman–Crippen LogP) is 2.14. The van der Waals surface area contributed by atoms with Crippen LogP contribution in [0.4, 0.5) is 0 Å². The minimum Gasteiger partial charge on any atom is -0.496 e. The molecule has 2 heterocycles. The van der Waals surface area contributed by atoms with E-state index in [2.05, 4.69) is 10.6 Å². The van der Waals surface area contributed by atoms with E-state index >= 15 is 0 Å². The van der Waals surface area contributed by atoms with Crippen LogP contribution in [0.2, 0.25) is 0 Å². The number of carbonyl (C=O) groups excluding carboxylic acids is 2. The lowest BCUT2D eigenvalue weighted by Crippen LogP contribution is -2.52. The van der Waals surface area contributed by atoms with E-state index in [1.54, 1.807) is 36.4 Å². The minimum absolute atomic E-state index is 0.194. The van der Waals surface area contributed by atoms with Gasteiger partial charge in [-0.05, 0) is 38.1 Å². The van der Waals surface area contributed by atoms with Crippen LogP contribution in [-0.4, -0.2) is 62.2 Å². The second kappa shape index (κ2) is 8.90. The minimum atomic E-state index is -0.840. The Morgan fingerprint density at radius 3 is 2.50 bits per heavy atom. The normalized spacial score (nSPS) is 25.7. The predicted molar refractivity (Wildman–Crippen MR) is 117 cm³/mol. The maximum atomic E-state index is 12.7. The standard InChI is InChI=1S/C24H28N2O6/c1-23(2)31-20-19(13-25-22(28)17-11-7-8-12-18(17)29-3)30-15-24(20,32-23)14-26-21(27)16-9-5-4-6-10-16/h4-12,19-20H,13-15H2,1-3H3,(H,25,28)(H,26,27)/t19-,20-,24+/m1/s1. The van der Waals surface area contributed by atoms with Gasteiger partial charge in [0.05, 0.1) is 25.8 Å². The number of ether oxygens (including phenoxy) is 4. The zero-order valence-corrected chi connectivity index (χ0v) is 18.4. The van der Waals surface area contributed by atoms with Crippen LogP contribution in [-0.2, 0) is 14.2 Å². The summed E-state index contributed by atoms with van der Waals surface area (Å²) >= 11 is 0. The second-order valence-corrected chi connectivity index (χ2v) is 8.41. The number of methoxy groups -OCH3 is 1. The average Bonchev–Trinajstić information content (AvgIpc) is 3.26. The summed E-state index contributed by atoms with van der Waals surface area (Å²) in [7, 11) is 1.52. The lowest BCUT2D eigenvalue weighted by atomic mass is 9.96. The molecular formula is C24H28N2O6. The molecule has 2 aliphatic heterocycles. The van der Waals surface area contributed by atoms with Crippen LogP contribution in [0.25, 0.3) is 0 Å². The fourth-order valence-corrected chi connectivity index (χ4v) is 4.24. The number of hydrogen-bond donors (Lipinski definition) is 2. The number of fused-ring (bicyclic) bond motifs is 1. The molecule has 2 aromatic carbocycles. The summed E-state index contributed by atoms with van der Waals surface area (Å²) in [6, 6.07) is 16.0. The van der Waals surface area contributed by atoms with Crippen molar-refractivity contribution in [2.45, 2.75) is 37.4 Å². The van der Waals surface area contributed by atoms with Crippen molar-refractivity contribution in [1.82, 2.24) is 10.6 Å². The highest BCUT2D eigenvalue weighted by Crippen LogP contribution is 2.43. The molecule has 2 fully saturated rings. The van der Waals surface area contributed by atoms with Gasteiger partial charge in [-0.3, -0.25) is 9.59 Å². The van der Waals surface area contributed by atoms with Gasteiger partial charge in [0.1, 0.15) is 23.6 Å². The SMILES string of the molecule is COc1ccccc1C(=O)NC[C@H]1OC[C@]2(CNC(=O)c3ccccc3)OC(C)(C)O[C@H]12. The number of amides is 2. The highest BCUT2D eigenvalue weighted by molar-refractivity contribution is 5.97. The molecule has 2 aromatic rings. The molecule has 0 bridgehead atoms. The quantitative estimate of drug-likeness (QED) is 0.685. The molecule has 2 N–H and O–H groups in total. The molecule has 2 amide bonds. The van der Waals surface area contributed by atoms with Gasteiger partial charge in [-0.2, -0.15) is 0 Å². The average molecular weight is 440 g/mol. The van der Waals surface area contributed by atoms with E-state index in [1.165, 1.54) is 7.11 Å².